The molecule has 0 aliphatic rings. The first kappa shape index (κ1) is 35.6. The van der Waals surface area contributed by atoms with Crippen molar-refractivity contribution < 1.29 is 0 Å². The minimum atomic E-state index is -3.51. The first-order valence-corrected chi connectivity index (χ1v) is 26.4. The third-order valence-corrected chi connectivity index (χ3v) is 32.3. The van der Waals surface area contributed by atoms with Gasteiger partial charge in [-0.25, -0.2) is 0 Å². The maximum absolute atomic E-state index is 4.39. The monoisotopic (exact) mass is 902 g/mol. The Morgan fingerprint density at radius 2 is 0.510 bits per heavy atom. The molecule has 0 N–H and O–H groups in total. The van der Waals surface area contributed by atoms with Crippen molar-refractivity contribution in [3.8, 4) is 0 Å². The van der Waals surface area contributed by atoms with E-state index in [2.05, 4.69) is 270 Å². The number of benzene rings is 6. The van der Waals surface area contributed by atoms with E-state index in [1.54, 1.807) is 0 Å². The van der Waals surface area contributed by atoms with Crippen LogP contribution in [0.15, 0.2) is 199 Å². The number of nitrogens with zero attached hydrogens (tertiary/aromatic N) is 2. The summed E-state index contributed by atoms with van der Waals surface area (Å²) in [5, 5.41) is 7.72. The Bertz CT molecular complexity index is 1730. The van der Waals surface area contributed by atoms with Crippen molar-refractivity contribution in [2.75, 3.05) is 28.2 Å². The van der Waals surface area contributed by atoms with E-state index in [4.69, 9.17) is 0 Å². The van der Waals surface area contributed by atoms with Crippen molar-refractivity contribution in [1.29, 1.82) is 0 Å². The topological polar surface area (TPSA) is 6.48 Å². The molecule has 0 spiro atoms. The molecule has 6 aromatic carbocycles. The summed E-state index contributed by atoms with van der Waals surface area (Å²) in [5.74, 6) is 0. The van der Waals surface area contributed by atoms with E-state index in [1.165, 1.54) is 31.8 Å². The molecule has 0 heterocycles. The number of halogens is 2. The van der Waals surface area contributed by atoms with Crippen molar-refractivity contribution in [3.05, 3.63) is 199 Å². The average molecular weight is 903 g/mol. The van der Waals surface area contributed by atoms with Gasteiger partial charge in [0.2, 0.25) is 0 Å². The summed E-state index contributed by atoms with van der Waals surface area (Å²) in [4.78, 5) is 4.67. The number of rotatable bonds is 10. The van der Waals surface area contributed by atoms with E-state index >= 15 is 0 Å². The molecule has 0 saturated carbocycles. The standard InChI is InChI=1S/C43H42I2N2P2/c1-46(2)42(48(44,36-23-11-5-12-24-36,37-25-13-6-14-26-37)38-27-15-7-16-28-38)35-43(47(3)4)49(45,39-29-17-8-18-30-39,40-31-19-9-20-32-40)41-33-21-10-22-34-41/h5-34H,1-4H3. The van der Waals surface area contributed by atoms with Crippen LogP contribution in [0.4, 0.5) is 0 Å². The van der Waals surface area contributed by atoms with Gasteiger partial charge in [-0.15, -0.1) is 0 Å². The summed E-state index contributed by atoms with van der Waals surface area (Å²) in [7, 11) is 8.78. The van der Waals surface area contributed by atoms with E-state index in [1.807, 2.05) is 0 Å². The zero-order valence-electron chi connectivity index (χ0n) is 28.4. The van der Waals surface area contributed by atoms with E-state index in [0.717, 1.165) is 10.9 Å². The van der Waals surface area contributed by atoms with Crippen LogP contribution in [0.3, 0.4) is 0 Å². The molecule has 6 aromatic rings. The van der Waals surface area contributed by atoms with Gasteiger partial charge in [0.1, 0.15) is 0 Å². The second-order valence-electron chi connectivity index (χ2n) is 12.6. The predicted octanol–water partition coefficient (Wildman–Crippen LogP) is 9.15. The Balaban J connectivity index is 1.97. The van der Waals surface area contributed by atoms with Gasteiger partial charge < -0.3 is 0 Å². The van der Waals surface area contributed by atoms with Crippen LogP contribution in [-0.4, -0.2) is 38.0 Å². The summed E-state index contributed by atoms with van der Waals surface area (Å²) in [5.41, 5.74) is 6.71. The van der Waals surface area contributed by atoms with Crippen LogP contribution in [0.25, 0.3) is 0 Å². The van der Waals surface area contributed by atoms with Crippen molar-refractivity contribution in [2.24, 2.45) is 0 Å². The zero-order chi connectivity index (χ0) is 34.6. The fraction of sp³-hybridized carbons (Fsp3) is 0.0930. The van der Waals surface area contributed by atoms with Gasteiger partial charge >= 0.3 is 321 Å². The summed E-state index contributed by atoms with van der Waals surface area (Å²) >= 11 is 5.77. The van der Waals surface area contributed by atoms with Crippen molar-refractivity contribution in [3.63, 3.8) is 0 Å². The van der Waals surface area contributed by atoms with Crippen LogP contribution >= 0.6 is 52.6 Å². The summed E-state index contributed by atoms with van der Waals surface area (Å²) in [6.45, 7) is 0. The fourth-order valence-corrected chi connectivity index (χ4v) is 26.1. The maximum atomic E-state index is 4.39. The molecule has 0 aliphatic carbocycles. The van der Waals surface area contributed by atoms with Crippen molar-refractivity contribution in [2.45, 2.75) is 0 Å². The van der Waals surface area contributed by atoms with E-state index in [-0.39, 0.29) is 0 Å². The zero-order valence-corrected chi connectivity index (χ0v) is 34.5. The average Bonchev–Trinajstić information content (AvgIpc) is 3.16. The van der Waals surface area contributed by atoms with Gasteiger partial charge in [0.15, 0.2) is 0 Å². The van der Waals surface area contributed by atoms with Gasteiger partial charge in [-0.1, -0.05) is 0 Å². The third-order valence-electron chi connectivity index (χ3n) is 9.31. The molecular formula is C43H42I2N2P2. The van der Waals surface area contributed by atoms with Crippen molar-refractivity contribution in [1.82, 2.24) is 9.80 Å². The SMILES string of the molecule is CN(C)C(=C=C(N(C)C)P(I)(c1ccccc1)(c1ccccc1)c1ccccc1)P(I)(c1ccccc1)(c1ccccc1)c1ccccc1. The Kier molecular flexibility index (Phi) is 10.3. The molecule has 0 radical (unpaired) electrons. The quantitative estimate of drug-likeness (QED) is 0.0770. The number of hydrogen-bond donors (Lipinski definition) is 0. The van der Waals surface area contributed by atoms with Gasteiger partial charge in [-0.3, -0.25) is 0 Å². The fourth-order valence-electron chi connectivity index (χ4n) is 7.16. The van der Waals surface area contributed by atoms with Crippen LogP contribution in [0.1, 0.15) is 0 Å². The van der Waals surface area contributed by atoms with E-state index in [0.29, 0.717) is 0 Å². The van der Waals surface area contributed by atoms with Gasteiger partial charge in [0.05, 0.1) is 0 Å². The molecule has 0 atom stereocenters. The molecule has 0 aliphatic heterocycles. The molecule has 2 nitrogen and oxygen atoms in total. The summed E-state index contributed by atoms with van der Waals surface area (Å²) < 4.78 is -7.02. The molecule has 0 amide bonds. The molecule has 6 heteroatoms. The molecule has 248 valence electrons. The van der Waals surface area contributed by atoms with Crippen molar-refractivity contribution >= 4 is 84.4 Å². The van der Waals surface area contributed by atoms with Gasteiger partial charge in [0.25, 0.3) is 0 Å². The molecule has 0 bridgehead atoms. The van der Waals surface area contributed by atoms with Crippen LogP contribution < -0.4 is 31.8 Å². The van der Waals surface area contributed by atoms with Crippen LogP contribution in [0.2, 0.25) is 0 Å². The van der Waals surface area contributed by atoms with E-state index in [9.17, 15) is 0 Å². The molecule has 0 aromatic heterocycles. The molecular weight excluding hydrogens is 860 g/mol. The Hall–Kier alpha value is -3.24. The van der Waals surface area contributed by atoms with Crippen LogP contribution in [0, 0.1) is 0 Å². The normalized spacial score (nSPS) is 13.1. The second-order valence-corrected chi connectivity index (χ2v) is 32.2. The first-order chi connectivity index (χ1) is 23.7. The van der Waals surface area contributed by atoms with E-state index < -0.39 is 8.49 Å². The molecule has 0 unspecified atom stereocenters. The Morgan fingerprint density at radius 1 is 0.347 bits per heavy atom. The third kappa shape index (κ3) is 5.61. The molecule has 49 heavy (non-hydrogen) atoms. The minimum absolute atomic E-state index is 1.16. The first-order valence-electron chi connectivity index (χ1n) is 16.3. The molecule has 0 fully saturated rings. The van der Waals surface area contributed by atoms with Gasteiger partial charge in [-0.2, -0.15) is 0 Å². The molecule has 0 saturated heterocycles. The van der Waals surface area contributed by atoms with Crippen LogP contribution in [-0.2, 0) is 0 Å². The summed E-state index contributed by atoms with van der Waals surface area (Å²) in [6, 6.07) is 66.7. The predicted molar refractivity (Wildman–Crippen MR) is 236 cm³/mol. The van der Waals surface area contributed by atoms with Gasteiger partial charge in [-0.05, 0) is 0 Å². The summed E-state index contributed by atoms with van der Waals surface area (Å²) in [6.07, 6.45) is 0. The van der Waals surface area contributed by atoms with Crippen LogP contribution in [0.5, 0.6) is 0 Å². The Morgan fingerprint density at radius 3 is 0.653 bits per heavy atom. The Labute approximate surface area is 318 Å². The number of hydrogen-bond acceptors (Lipinski definition) is 2. The van der Waals surface area contributed by atoms with Gasteiger partial charge in [0, 0.05) is 0 Å². The second kappa shape index (κ2) is 14.2. The molecule has 6 rings (SSSR count).